The average molecular weight is 359 g/mol. The number of carbonyl (C=O) groups excluding carboxylic acids is 1. The van der Waals surface area contributed by atoms with E-state index in [1.807, 2.05) is 0 Å². The summed E-state index contributed by atoms with van der Waals surface area (Å²) in [5.74, 6) is -10.5. The van der Waals surface area contributed by atoms with E-state index in [0.29, 0.717) is 0 Å². The van der Waals surface area contributed by atoms with Gasteiger partial charge in [-0.25, -0.2) is 22.0 Å². The molecule has 0 aliphatic rings. The highest BCUT2D eigenvalue weighted by Crippen LogP contribution is 2.28. The minimum atomic E-state index is -2.21. The molecule has 0 heterocycles. The Morgan fingerprint density at radius 1 is 0.950 bits per heavy atom. The van der Waals surface area contributed by atoms with Crippen LogP contribution in [-0.4, -0.2) is 10.6 Å². The number of rotatable bonds is 3. The third-order valence-electron chi connectivity index (χ3n) is 2.71. The highest BCUT2D eigenvalue weighted by atomic mass is 79.9. The van der Waals surface area contributed by atoms with Crippen LogP contribution in [0.1, 0.15) is 26.3 Å². The molecule has 0 amide bonds. The van der Waals surface area contributed by atoms with Gasteiger partial charge in [-0.2, -0.15) is 0 Å². The molecule has 0 aromatic heterocycles. The molecule has 0 saturated carbocycles. The maximum Gasteiger partial charge on any atom is 0.200 e. The Morgan fingerprint density at radius 3 is 1.65 bits per heavy atom. The maximum atomic E-state index is 13.5. The van der Waals surface area contributed by atoms with E-state index in [1.54, 1.807) is 20.8 Å². The first-order valence-electron chi connectivity index (χ1n) is 5.67. The lowest BCUT2D eigenvalue weighted by Gasteiger charge is -2.21. The lowest BCUT2D eigenvalue weighted by molar-refractivity contribution is -0.125. The fourth-order valence-corrected chi connectivity index (χ4v) is 2.58. The number of halogens is 6. The predicted molar refractivity (Wildman–Crippen MR) is 67.1 cm³/mol. The van der Waals surface area contributed by atoms with Gasteiger partial charge in [-0.05, 0) is 6.42 Å². The Kier molecular flexibility index (Phi) is 4.94. The van der Waals surface area contributed by atoms with Crippen LogP contribution in [0.15, 0.2) is 0 Å². The lowest BCUT2D eigenvalue weighted by atomic mass is 9.87. The van der Waals surface area contributed by atoms with Gasteiger partial charge in [0.25, 0.3) is 0 Å². The van der Waals surface area contributed by atoms with Crippen LogP contribution in [0.25, 0.3) is 0 Å². The number of benzene rings is 1. The lowest BCUT2D eigenvalue weighted by Crippen LogP contribution is -2.30. The van der Waals surface area contributed by atoms with Gasteiger partial charge in [-0.1, -0.05) is 36.7 Å². The summed E-state index contributed by atoms with van der Waals surface area (Å²) in [6.07, 6.45) is -0.623. The van der Waals surface area contributed by atoms with Crippen molar-refractivity contribution in [1.82, 2.24) is 0 Å². The van der Waals surface area contributed by atoms with Gasteiger partial charge in [0, 0.05) is 11.0 Å². The van der Waals surface area contributed by atoms with Gasteiger partial charge in [0.15, 0.2) is 29.1 Å². The third-order valence-corrected chi connectivity index (χ3v) is 3.45. The van der Waals surface area contributed by atoms with Crippen molar-refractivity contribution >= 4 is 21.7 Å². The Bertz CT molecular complexity index is 522. The Hall–Kier alpha value is -0.980. The van der Waals surface area contributed by atoms with Gasteiger partial charge >= 0.3 is 0 Å². The van der Waals surface area contributed by atoms with Crippen LogP contribution >= 0.6 is 15.9 Å². The van der Waals surface area contributed by atoms with Crippen LogP contribution in [0, 0.1) is 34.5 Å². The van der Waals surface area contributed by atoms with Crippen molar-refractivity contribution in [1.29, 1.82) is 0 Å². The molecular weight excluding hydrogens is 347 g/mol. The smallest absolute Gasteiger partial charge is 0.200 e. The molecule has 7 heteroatoms. The SMILES string of the molecule is CC(C)(C)C(=O)C(Br)Cc1c(F)c(F)c(F)c(F)c1F. The second-order valence-corrected chi connectivity index (χ2v) is 6.44. The van der Waals surface area contributed by atoms with Crippen molar-refractivity contribution in [2.24, 2.45) is 5.41 Å². The van der Waals surface area contributed by atoms with E-state index in [0.717, 1.165) is 0 Å². The molecule has 1 atom stereocenters. The van der Waals surface area contributed by atoms with Gasteiger partial charge in [0.2, 0.25) is 5.82 Å². The van der Waals surface area contributed by atoms with Crippen molar-refractivity contribution < 1.29 is 26.7 Å². The van der Waals surface area contributed by atoms with Crippen molar-refractivity contribution in [2.45, 2.75) is 32.0 Å². The molecule has 0 aliphatic heterocycles. The standard InChI is InChI=1S/C13H12BrF5O/c1-13(2,3)12(20)6(14)4-5-7(15)9(17)11(19)10(18)8(5)16/h6H,4H2,1-3H3. The normalized spacial score (nSPS) is 13.4. The summed E-state index contributed by atoms with van der Waals surface area (Å²) < 4.78 is 65.9. The molecular formula is C13H12BrF5O. The zero-order chi connectivity index (χ0) is 15.8. The van der Waals surface area contributed by atoms with E-state index in [1.165, 1.54) is 0 Å². The molecule has 0 aliphatic carbocycles. The van der Waals surface area contributed by atoms with Crippen LogP contribution in [0.2, 0.25) is 0 Å². The highest BCUT2D eigenvalue weighted by Gasteiger charge is 2.32. The van der Waals surface area contributed by atoms with Crippen LogP contribution in [0.3, 0.4) is 0 Å². The van der Waals surface area contributed by atoms with Crippen molar-refractivity contribution in [3.05, 3.63) is 34.6 Å². The van der Waals surface area contributed by atoms with E-state index >= 15 is 0 Å². The van der Waals surface area contributed by atoms with Crippen molar-refractivity contribution in [3.8, 4) is 0 Å². The number of ketones is 1. The highest BCUT2D eigenvalue weighted by molar-refractivity contribution is 9.10. The van der Waals surface area contributed by atoms with Crippen LogP contribution < -0.4 is 0 Å². The Morgan fingerprint density at radius 2 is 1.30 bits per heavy atom. The van der Waals surface area contributed by atoms with Crippen LogP contribution in [0.5, 0.6) is 0 Å². The summed E-state index contributed by atoms with van der Waals surface area (Å²) in [6, 6.07) is 0. The van der Waals surface area contributed by atoms with Crippen LogP contribution in [0.4, 0.5) is 22.0 Å². The fraction of sp³-hybridized carbons (Fsp3) is 0.462. The zero-order valence-electron chi connectivity index (χ0n) is 11.0. The summed E-state index contributed by atoms with van der Waals surface area (Å²) in [7, 11) is 0. The van der Waals surface area contributed by atoms with E-state index in [2.05, 4.69) is 15.9 Å². The average Bonchev–Trinajstić information content (AvgIpc) is 2.36. The number of hydrogen-bond donors (Lipinski definition) is 0. The van der Waals surface area contributed by atoms with Gasteiger partial charge in [-0.3, -0.25) is 4.79 Å². The number of carbonyl (C=O) groups is 1. The van der Waals surface area contributed by atoms with E-state index in [9.17, 15) is 26.7 Å². The Labute approximate surface area is 121 Å². The summed E-state index contributed by atoms with van der Waals surface area (Å²) in [5.41, 5.74) is -1.81. The van der Waals surface area contributed by atoms with Crippen molar-refractivity contribution in [2.75, 3.05) is 0 Å². The molecule has 112 valence electrons. The molecule has 0 spiro atoms. The molecule has 1 rings (SSSR count). The molecule has 1 unspecified atom stereocenters. The molecule has 20 heavy (non-hydrogen) atoms. The molecule has 0 radical (unpaired) electrons. The summed E-state index contributed by atoms with van der Waals surface area (Å²) in [5, 5.41) is 0. The van der Waals surface area contributed by atoms with Gasteiger partial charge in [-0.15, -0.1) is 0 Å². The zero-order valence-corrected chi connectivity index (χ0v) is 12.5. The van der Waals surface area contributed by atoms with E-state index < -0.39 is 57.1 Å². The number of Topliss-reactive ketones (excluding diaryl/α,β-unsaturated/α-hetero) is 1. The molecule has 1 aromatic carbocycles. The minimum Gasteiger partial charge on any atom is -0.298 e. The summed E-state index contributed by atoms with van der Waals surface area (Å²) in [4.78, 5) is 10.8. The van der Waals surface area contributed by atoms with Gasteiger partial charge in [0.1, 0.15) is 0 Å². The third kappa shape index (κ3) is 3.19. The topological polar surface area (TPSA) is 17.1 Å². The van der Waals surface area contributed by atoms with Gasteiger partial charge < -0.3 is 0 Å². The molecule has 1 aromatic rings. The Balaban J connectivity index is 3.20. The largest absolute Gasteiger partial charge is 0.298 e. The quantitative estimate of drug-likeness (QED) is 0.340. The maximum absolute atomic E-state index is 13.5. The second kappa shape index (κ2) is 5.79. The van der Waals surface area contributed by atoms with Crippen molar-refractivity contribution in [3.63, 3.8) is 0 Å². The molecule has 0 N–H and O–H groups in total. The second-order valence-electron chi connectivity index (χ2n) is 5.33. The minimum absolute atomic E-state index is 0.401. The molecule has 0 fully saturated rings. The van der Waals surface area contributed by atoms with E-state index in [-0.39, 0.29) is 0 Å². The molecule has 0 bridgehead atoms. The van der Waals surface area contributed by atoms with Crippen LogP contribution in [-0.2, 0) is 11.2 Å². The summed E-state index contributed by atoms with van der Waals surface area (Å²) in [6.45, 7) is 4.76. The van der Waals surface area contributed by atoms with E-state index in [4.69, 9.17) is 0 Å². The first-order chi connectivity index (χ1) is 8.98. The number of hydrogen-bond acceptors (Lipinski definition) is 1. The fourth-order valence-electron chi connectivity index (χ4n) is 1.57. The summed E-state index contributed by atoms with van der Waals surface area (Å²) >= 11 is 2.93. The van der Waals surface area contributed by atoms with Gasteiger partial charge in [0.05, 0.1) is 4.83 Å². The predicted octanol–water partition coefficient (Wildman–Crippen LogP) is 4.30. The first-order valence-corrected chi connectivity index (χ1v) is 6.58. The molecule has 0 saturated heterocycles. The molecule has 1 nitrogen and oxygen atoms in total. The first kappa shape index (κ1) is 17.1. The number of alkyl halides is 1. The monoisotopic (exact) mass is 358 g/mol.